The molecule has 3 aromatic carbocycles. The minimum atomic E-state index is -0.184. The van der Waals surface area contributed by atoms with Gasteiger partial charge in [-0.1, -0.05) is 42.5 Å². The van der Waals surface area contributed by atoms with Crippen molar-refractivity contribution in [3.05, 3.63) is 89.7 Å². The number of para-hydroxylation sites is 2. The lowest BCUT2D eigenvalue weighted by molar-refractivity contribution is -0.121. The van der Waals surface area contributed by atoms with Crippen molar-refractivity contribution in [2.24, 2.45) is 5.10 Å². The number of carbonyl (C=O) groups excluding carboxylic acids is 1. The number of imidazole rings is 1. The van der Waals surface area contributed by atoms with Crippen LogP contribution in [0, 0.1) is 0 Å². The summed E-state index contributed by atoms with van der Waals surface area (Å²) in [4.78, 5) is 17.3. The highest BCUT2D eigenvalue weighted by Crippen LogP contribution is 2.22. The fourth-order valence-electron chi connectivity index (χ4n) is 3.67. The molecule has 7 nitrogen and oxygen atoms in total. The first-order valence-electron chi connectivity index (χ1n) is 10.7. The maximum atomic E-state index is 12.5. The van der Waals surface area contributed by atoms with Gasteiger partial charge < -0.3 is 14.0 Å². The van der Waals surface area contributed by atoms with Crippen molar-refractivity contribution in [3.8, 4) is 11.5 Å². The van der Waals surface area contributed by atoms with E-state index in [0.29, 0.717) is 30.0 Å². The molecule has 0 saturated heterocycles. The molecule has 0 atom stereocenters. The van der Waals surface area contributed by atoms with Gasteiger partial charge in [-0.25, -0.2) is 10.4 Å². The Morgan fingerprint density at radius 2 is 1.82 bits per heavy atom. The van der Waals surface area contributed by atoms with Gasteiger partial charge in [-0.05, 0) is 35.9 Å². The summed E-state index contributed by atoms with van der Waals surface area (Å²) in [5.41, 5.74) is 6.43. The lowest BCUT2D eigenvalue weighted by Gasteiger charge is -2.09. The Morgan fingerprint density at radius 1 is 1.03 bits per heavy atom. The van der Waals surface area contributed by atoms with Crippen molar-refractivity contribution in [3.63, 3.8) is 0 Å². The number of hydrogen-bond acceptors (Lipinski definition) is 5. The molecular weight excluding hydrogens is 416 g/mol. The van der Waals surface area contributed by atoms with E-state index in [4.69, 9.17) is 14.5 Å². The van der Waals surface area contributed by atoms with Gasteiger partial charge >= 0.3 is 0 Å². The van der Waals surface area contributed by atoms with E-state index in [1.54, 1.807) is 38.6 Å². The summed E-state index contributed by atoms with van der Waals surface area (Å²) in [7, 11) is 3.18. The first-order valence-corrected chi connectivity index (χ1v) is 10.7. The van der Waals surface area contributed by atoms with Crippen molar-refractivity contribution in [1.82, 2.24) is 15.0 Å². The molecule has 0 fully saturated rings. The van der Waals surface area contributed by atoms with E-state index in [2.05, 4.69) is 27.2 Å². The average molecular weight is 443 g/mol. The van der Waals surface area contributed by atoms with E-state index in [9.17, 15) is 4.79 Å². The number of nitrogens with zero attached hydrogens (tertiary/aromatic N) is 3. The number of methoxy groups -OCH3 is 2. The molecule has 0 spiro atoms. The summed E-state index contributed by atoms with van der Waals surface area (Å²) < 4.78 is 12.7. The van der Waals surface area contributed by atoms with Gasteiger partial charge in [0.2, 0.25) is 5.91 Å². The zero-order chi connectivity index (χ0) is 23.0. The molecule has 0 unspecified atom stereocenters. The predicted molar refractivity (Wildman–Crippen MR) is 129 cm³/mol. The molecule has 33 heavy (non-hydrogen) atoms. The third kappa shape index (κ3) is 5.38. The molecule has 7 heteroatoms. The molecule has 0 radical (unpaired) electrons. The minimum absolute atomic E-state index is 0.184. The number of benzene rings is 3. The summed E-state index contributed by atoms with van der Waals surface area (Å²) in [6, 6.07) is 23.6. The van der Waals surface area contributed by atoms with Crippen LogP contribution in [0.2, 0.25) is 0 Å². The molecule has 168 valence electrons. The summed E-state index contributed by atoms with van der Waals surface area (Å²) in [6.45, 7) is 0.506. The van der Waals surface area contributed by atoms with Crippen LogP contribution < -0.4 is 14.9 Å². The number of hydrazone groups is 1. The fourth-order valence-corrected chi connectivity index (χ4v) is 3.67. The standard InChI is InChI=1S/C26H26N4O3/c1-32-21-12-13-24(33-2)20(17-21)18-27-29-26(31)14-15-30-23-11-7-6-10-22(23)28-25(30)16-19-8-4-3-5-9-19/h3-13,17-18H,14-16H2,1-2H3,(H,29,31)/b27-18-. The maximum Gasteiger partial charge on any atom is 0.241 e. The van der Waals surface area contributed by atoms with Crippen molar-refractivity contribution in [2.45, 2.75) is 19.4 Å². The van der Waals surface area contributed by atoms with Crippen LogP contribution in [0.3, 0.4) is 0 Å². The van der Waals surface area contributed by atoms with Gasteiger partial charge in [0.05, 0.1) is 31.5 Å². The molecule has 1 aromatic heterocycles. The van der Waals surface area contributed by atoms with Crippen LogP contribution in [0.15, 0.2) is 77.9 Å². The first kappa shape index (κ1) is 22.1. The summed E-state index contributed by atoms with van der Waals surface area (Å²) in [6.07, 6.45) is 2.52. The first-order chi connectivity index (χ1) is 16.2. The van der Waals surface area contributed by atoms with Crippen molar-refractivity contribution < 1.29 is 14.3 Å². The highest BCUT2D eigenvalue weighted by atomic mass is 16.5. The number of hydrogen-bond donors (Lipinski definition) is 1. The molecule has 4 aromatic rings. The second-order valence-corrected chi connectivity index (χ2v) is 7.48. The molecule has 0 aliphatic carbocycles. The van der Waals surface area contributed by atoms with E-state index >= 15 is 0 Å². The smallest absolute Gasteiger partial charge is 0.241 e. The molecule has 0 bridgehead atoms. The monoisotopic (exact) mass is 442 g/mol. The number of carbonyl (C=O) groups is 1. The van der Waals surface area contributed by atoms with E-state index < -0.39 is 0 Å². The SMILES string of the molecule is COc1ccc(OC)c(/C=N\NC(=O)CCn2c(Cc3ccccc3)nc3ccccc32)c1. The lowest BCUT2D eigenvalue weighted by Crippen LogP contribution is -2.20. The number of amides is 1. The van der Waals surface area contributed by atoms with Crippen LogP contribution in [-0.4, -0.2) is 35.9 Å². The largest absolute Gasteiger partial charge is 0.497 e. The number of rotatable bonds is 9. The Kier molecular flexibility index (Phi) is 6.99. The molecule has 0 aliphatic heterocycles. The topological polar surface area (TPSA) is 77.7 Å². The quantitative estimate of drug-likeness (QED) is 0.312. The summed E-state index contributed by atoms with van der Waals surface area (Å²) in [5, 5.41) is 4.09. The number of ether oxygens (including phenoxy) is 2. The predicted octanol–water partition coefficient (Wildman–Crippen LogP) is 4.18. The second-order valence-electron chi connectivity index (χ2n) is 7.48. The Labute approximate surface area is 192 Å². The zero-order valence-corrected chi connectivity index (χ0v) is 18.7. The van der Waals surface area contributed by atoms with E-state index in [1.807, 2.05) is 42.5 Å². The lowest BCUT2D eigenvalue weighted by atomic mass is 10.1. The molecule has 0 saturated carbocycles. The van der Waals surface area contributed by atoms with Crippen LogP contribution in [-0.2, 0) is 17.8 Å². The number of fused-ring (bicyclic) bond motifs is 1. The van der Waals surface area contributed by atoms with Crippen molar-refractivity contribution in [2.75, 3.05) is 14.2 Å². The van der Waals surface area contributed by atoms with Gasteiger partial charge in [0, 0.05) is 24.9 Å². The molecule has 1 amide bonds. The number of nitrogens with one attached hydrogen (secondary N) is 1. The van der Waals surface area contributed by atoms with Crippen LogP contribution in [0.1, 0.15) is 23.4 Å². The van der Waals surface area contributed by atoms with Crippen molar-refractivity contribution >= 4 is 23.2 Å². The van der Waals surface area contributed by atoms with Crippen molar-refractivity contribution in [1.29, 1.82) is 0 Å². The Morgan fingerprint density at radius 3 is 2.61 bits per heavy atom. The van der Waals surface area contributed by atoms with Gasteiger partial charge in [-0.3, -0.25) is 4.79 Å². The normalized spacial score (nSPS) is 11.1. The highest BCUT2D eigenvalue weighted by molar-refractivity contribution is 5.86. The molecule has 4 rings (SSSR count). The molecule has 1 heterocycles. The molecule has 1 N–H and O–H groups in total. The molecule has 0 aliphatic rings. The summed E-state index contributed by atoms with van der Waals surface area (Å²) in [5.74, 6) is 2.07. The van der Waals surface area contributed by atoms with Gasteiger partial charge in [0.25, 0.3) is 0 Å². The zero-order valence-electron chi connectivity index (χ0n) is 18.7. The molecular formula is C26H26N4O3. The van der Waals surface area contributed by atoms with E-state index in [1.165, 1.54) is 5.56 Å². The van der Waals surface area contributed by atoms with Gasteiger partial charge in [0.1, 0.15) is 17.3 Å². The van der Waals surface area contributed by atoms with Crippen LogP contribution in [0.25, 0.3) is 11.0 Å². The Hall–Kier alpha value is -4.13. The van der Waals surface area contributed by atoms with E-state index in [0.717, 1.165) is 16.9 Å². The second kappa shape index (κ2) is 10.5. The Balaban J connectivity index is 1.45. The van der Waals surface area contributed by atoms with Crippen LogP contribution in [0.4, 0.5) is 0 Å². The number of aromatic nitrogens is 2. The minimum Gasteiger partial charge on any atom is -0.497 e. The Bertz CT molecular complexity index is 1270. The third-order valence-corrected chi connectivity index (χ3v) is 5.33. The maximum absolute atomic E-state index is 12.5. The average Bonchev–Trinajstić information content (AvgIpc) is 3.20. The van der Waals surface area contributed by atoms with E-state index in [-0.39, 0.29) is 12.3 Å². The van der Waals surface area contributed by atoms with Crippen LogP contribution in [0.5, 0.6) is 11.5 Å². The summed E-state index contributed by atoms with van der Waals surface area (Å²) >= 11 is 0. The van der Waals surface area contributed by atoms with Gasteiger partial charge in [-0.2, -0.15) is 5.10 Å². The van der Waals surface area contributed by atoms with Gasteiger partial charge in [0.15, 0.2) is 0 Å². The number of aryl methyl sites for hydroxylation is 1. The van der Waals surface area contributed by atoms with Gasteiger partial charge in [-0.15, -0.1) is 0 Å². The highest BCUT2D eigenvalue weighted by Gasteiger charge is 2.12. The third-order valence-electron chi connectivity index (χ3n) is 5.33. The van der Waals surface area contributed by atoms with Crippen LogP contribution >= 0.6 is 0 Å². The fraction of sp³-hybridized carbons (Fsp3) is 0.192.